The molecule has 1 amide bonds. The smallest absolute Gasteiger partial charge is 0.241 e. The molecule has 0 bridgehead atoms. The standard InChI is InChI=1S/C18H28N2O5S/c1-12(2)17(18(21)20-10-13(3)25-14(4)11-20)19-26(22,23)16-8-6-15(24-5)7-9-16/h6-9,12-14,17,19H,10-11H2,1-5H3. The van der Waals surface area contributed by atoms with Gasteiger partial charge in [-0.25, -0.2) is 8.42 Å². The lowest BCUT2D eigenvalue weighted by molar-refractivity contribution is -0.145. The first kappa shape index (κ1) is 20.7. The predicted octanol–water partition coefficient (Wildman–Crippen LogP) is 1.63. The summed E-state index contributed by atoms with van der Waals surface area (Å²) in [7, 11) is -2.31. The fourth-order valence-electron chi connectivity index (χ4n) is 3.02. The van der Waals surface area contributed by atoms with Crippen molar-refractivity contribution in [2.24, 2.45) is 5.92 Å². The zero-order valence-corrected chi connectivity index (χ0v) is 16.7. The number of sulfonamides is 1. The molecule has 0 aliphatic carbocycles. The highest BCUT2D eigenvalue weighted by molar-refractivity contribution is 7.89. The van der Waals surface area contributed by atoms with Gasteiger partial charge in [0.15, 0.2) is 0 Å². The van der Waals surface area contributed by atoms with Crippen molar-refractivity contribution in [1.29, 1.82) is 0 Å². The number of carbonyl (C=O) groups excluding carboxylic acids is 1. The summed E-state index contributed by atoms with van der Waals surface area (Å²) in [5.41, 5.74) is 0. The molecule has 2 rings (SSSR count). The van der Waals surface area contributed by atoms with E-state index in [1.807, 2.05) is 27.7 Å². The fraction of sp³-hybridized carbons (Fsp3) is 0.611. The zero-order valence-electron chi connectivity index (χ0n) is 15.9. The minimum Gasteiger partial charge on any atom is -0.497 e. The molecule has 3 atom stereocenters. The summed E-state index contributed by atoms with van der Waals surface area (Å²) in [6, 6.07) is 5.24. The van der Waals surface area contributed by atoms with E-state index in [0.29, 0.717) is 18.8 Å². The summed E-state index contributed by atoms with van der Waals surface area (Å²) in [4.78, 5) is 14.7. The first-order valence-corrected chi connectivity index (χ1v) is 10.2. The van der Waals surface area contributed by atoms with Crippen LogP contribution in [0.25, 0.3) is 0 Å². The molecule has 1 aliphatic rings. The van der Waals surface area contributed by atoms with Gasteiger partial charge < -0.3 is 14.4 Å². The van der Waals surface area contributed by atoms with E-state index in [1.165, 1.54) is 19.2 Å². The molecule has 0 aromatic heterocycles. The lowest BCUT2D eigenvalue weighted by Crippen LogP contribution is -2.56. The maximum absolute atomic E-state index is 13.0. The quantitative estimate of drug-likeness (QED) is 0.806. The highest BCUT2D eigenvalue weighted by atomic mass is 32.2. The molecule has 0 radical (unpaired) electrons. The van der Waals surface area contributed by atoms with Crippen LogP contribution in [0.5, 0.6) is 5.75 Å². The van der Waals surface area contributed by atoms with Gasteiger partial charge in [0.05, 0.1) is 24.2 Å². The highest BCUT2D eigenvalue weighted by Crippen LogP contribution is 2.19. The molecule has 7 nitrogen and oxygen atoms in total. The Bertz CT molecular complexity index is 708. The van der Waals surface area contributed by atoms with Crippen LogP contribution in [-0.4, -0.2) is 57.7 Å². The van der Waals surface area contributed by atoms with Gasteiger partial charge in [-0.05, 0) is 44.0 Å². The number of ether oxygens (including phenoxy) is 2. The molecule has 0 saturated carbocycles. The molecule has 1 heterocycles. The molecule has 3 unspecified atom stereocenters. The Hall–Kier alpha value is -1.64. The monoisotopic (exact) mass is 384 g/mol. The molecule has 146 valence electrons. The van der Waals surface area contributed by atoms with Crippen molar-refractivity contribution in [3.63, 3.8) is 0 Å². The summed E-state index contributed by atoms with van der Waals surface area (Å²) >= 11 is 0. The number of rotatable bonds is 6. The molecule has 1 fully saturated rings. The van der Waals surface area contributed by atoms with E-state index in [0.717, 1.165) is 0 Å². The van der Waals surface area contributed by atoms with Crippen molar-refractivity contribution in [2.75, 3.05) is 20.2 Å². The predicted molar refractivity (Wildman–Crippen MR) is 98.5 cm³/mol. The maximum Gasteiger partial charge on any atom is 0.241 e. The van der Waals surface area contributed by atoms with E-state index in [2.05, 4.69) is 4.72 Å². The molecule has 26 heavy (non-hydrogen) atoms. The molecule has 8 heteroatoms. The minimum absolute atomic E-state index is 0.0753. The van der Waals surface area contributed by atoms with Crippen molar-refractivity contribution in [3.8, 4) is 5.75 Å². The number of benzene rings is 1. The number of nitrogens with zero attached hydrogens (tertiary/aromatic N) is 1. The van der Waals surface area contributed by atoms with Crippen LogP contribution in [0.3, 0.4) is 0 Å². The van der Waals surface area contributed by atoms with Crippen LogP contribution in [0.15, 0.2) is 29.2 Å². The highest BCUT2D eigenvalue weighted by Gasteiger charge is 2.34. The van der Waals surface area contributed by atoms with Crippen LogP contribution >= 0.6 is 0 Å². The van der Waals surface area contributed by atoms with Gasteiger partial charge >= 0.3 is 0 Å². The maximum atomic E-state index is 13.0. The van der Waals surface area contributed by atoms with Gasteiger partial charge in [-0.15, -0.1) is 0 Å². The summed E-state index contributed by atoms with van der Waals surface area (Å²) in [5.74, 6) is 0.153. The summed E-state index contributed by atoms with van der Waals surface area (Å²) in [6.45, 7) is 8.37. The van der Waals surface area contributed by atoms with Crippen molar-refractivity contribution >= 4 is 15.9 Å². The number of carbonyl (C=O) groups is 1. The summed E-state index contributed by atoms with van der Waals surface area (Å²) < 4.78 is 38.7. The average Bonchev–Trinajstić information content (AvgIpc) is 2.58. The third-order valence-corrected chi connectivity index (χ3v) is 5.77. The first-order valence-electron chi connectivity index (χ1n) is 8.74. The van der Waals surface area contributed by atoms with Crippen LogP contribution in [-0.2, 0) is 19.6 Å². The Morgan fingerprint density at radius 1 is 1.19 bits per heavy atom. The van der Waals surface area contributed by atoms with Crippen LogP contribution in [0.4, 0.5) is 0 Å². The van der Waals surface area contributed by atoms with Gasteiger partial charge in [0, 0.05) is 13.1 Å². The number of hydrogen-bond donors (Lipinski definition) is 1. The van der Waals surface area contributed by atoms with Crippen LogP contribution in [0.2, 0.25) is 0 Å². The van der Waals surface area contributed by atoms with Crippen molar-refractivity contribution < 1.29 is 22.7 Å². The van der Waals surface area contributed by atoms with Gasteiger partial charge in [0.1, 0.15) is 11.8 Å². The SMILES string of the molecule is COc1ccc(S(=O)(=O)NC(C(=O)N2CC(C)OC(C)C2)C(C)C)cc1. The van der Waals surface area contributed by atoms with E-state index in [1.54, 1.807) is 17.0 Å². The fourth-order valence-corrected chi connectivity index (χ4v) is 4.35. The van der Waals surface area contributed by atoms with Gasteiger partial charge in [-0.1, -0.05) is 13.8 Å². The Morgan fingerprint density at radius 3 is 2.19 bits per heavy atom. The second kappa shape index (κ2) is 8.37. The van der Waals surface area contributed by atoms with Crippen molar-refractivity contribution in [1.82, 2.24) is 9.62 Å². The van der Waals surface area contributed by atoms with E-state index in [4.69, 9.17) is 9.47 Å². The van der Waals surface area contributed by atoms with Crippen LogP contribution < -0.4 is 9.46 Å². The third kappa shape index (κ3) is 4.96. The number of hydrogen-bond acceptors (Lipinski definition) is 5. The number of amides is 1. The topological polar surface area (TPSA) is 84.9 Å². The van der Waals surface area contributed by atoms with Gasteiger partial charge in [0.25, 0.3) is 0 Å². The molecule has 1 N–H and O–H groups in total. The molecular formula is C18H28N2O5S. The van der Waals surface area contributed by atoms with E-state index < -0.39 is 16.1 Å². The third-order valence-electron chi connectivity index (χ3n) is 4.32. The Balaban J connectivity index is 2.19. The second-order valence-electron chi connectivity index (χ2n) is 7.02. The molecule has 1 aromatic carbocycles. The number of methoxy groups -OCH3 is 1. The average molecular weight is 384 g/mol. The van der Waals surface area contributed by atoms with Crippen molar-refractivity contribution in [3.05, 3.63) is 24.3 Å². The van der Waals surface area contributed by atoms with Gasteiger partial charge in [0.2, 0.25) is 15.9 Å². The number of nitrogens with one attached hydrogen (secondary N) is 1. The van der Waals surface area contributed by atoms with E-state index in [-0.39, 0.29) is 28.9 Å². The van der Waals surface area contributed by atoms with E-state index in [9.17, 15) is 13.2 Å². The summed E-state index contributed by atoms with van der Waals surface area (Å²) in [6.07, 6.45) is -0.151. The zero-order chi connectivity index (χ0) is 19.5. The lowest BCUT2D eigenvalue weighted by Gasteiger charge is -2.38. The molecule has 0 spiro atoms. The first-order chi connectivity index (χ1) is 12.1. The Morgan fingerprint density at radius 2 is 1.73 bits per heavy atom. The van der Waals surface area contributed by atoms with Crippen LogP contribution in [0, 0.1) is 5.92 Å². The van der Waals surface area contributed by atoms with Gasteiger partial charge in [-0.3, -0.25) is 4.79 Å². The van der Waals surface area contributed by atoms with E-state index >= 15 is 0 Å². The van der Waals surface area contributed by atoms with Crippen molar-refractivity contribution in [2.45, 2.75) is 50.8 Å². The van der Waals surface area contributed by atoms with Gasteiger partial charge in [-0.2, -0.15) is 4.72 Å². The molecule has 1 saturated heterocycles. The second-order valence-corrected chi connectivity index (χ2v) is 8.73. The normalized spacial score (nSPS) is 22.3. The Kier molecular flexibility index (Phi) is 6.65. The largest absolute Gasteiger partial charge is 0.497 e. The minimum atomic E-state index is -3.82. The molecular weight excluding hydrogens is 356 g/mol. The summed E-state index contributed by atoms with van der Waals surface area (Å²) in [5, 5.41) is 0. The molecule has 1 aromatic rings. The lowest BCUT2D eigenvalue weighted by atomic mass is 10.0. The Labute approximate surface area is 155 Å². The van der Waals surface area contributed by atoms with Crippen LogP contribution in [0.1, 0.15) is 27.7 Å². The number of morpholine rings is 1. The molecule has 1 aliphatic heterocycles.